The van der Waals surface area contributed by atoms with Gasteiger partial charge in [-0.05, 0) is 61.1 Å². The summed E-state index contributed by atoms with van der Waals surface area (Å²) in [5.74, 6) is 0. The quantitative estimate of drug-likeness (QED) is 0.861. The van der Waals surface area contributed by atoms with Crippen LogP contribution < -0.4 is 10.6 Å². The first-order valence-corrected chi connectivity index (χ1v) is 8.29. The summed E-state index contributed by atoms with van der Waals surface area (Å²) >= 11 is 7.62. The highest BCUT2D eigenvalue weighted by atomic mass is 35.5. The van der Waals surface area contributed by atoms with E-state index in [4.69, 9.17) is 11.6 Å². The summed E-state index contributed by atoms with van der Waals surface area (Å²) in [5.41, 5.74) is 2.90. The first-order valence-electron chi connectivity index (χ1n) is 6.97. The Bertz CT molecular complexity index is 628. The highest BCUT2D eigenvalue weighted by Crippen LogP contribution is 2.21. The van der Waals surface area contributed by atoms with Crippen molar-refractivity contribution in [2.45, 2.75) is 13.0 Å². The van der Waals surface area contributed by atoms with E-state index in [1.807, 2.05) is 32.5 Å². The molecule has 0 saturated heterocycles. The summed E-state index contributed by atoms with van der Waals surface area (Å²) < 4.78 is 0. The number of nitrogens with zero attached hydrogens (tertiary/aromatic N) is 1. The van der Waals surface area contributed by atoms with Crippen LogP contribution >= 0.6 is 22.9 Å². The number of benzene rings is 1. The molecule has 2 aromatic rings. The predicted molar refractivity (Wildman–Crippen MR) is 94.0 cm³/mol. The van der Waals surface area contributed by atoms with Gasteiger partial charge in [-0.25, -0.2) is 4.79 Å². The number of aryl methyl sites for hydroxylation is 1. The van der Waals surface area contributed by atoms with Crippen LogP contribution in [-0.4, -0.2) is 31.6 Å². The SMILES string of the molecule is Cc1ccc(Cl)cc1NC(=O)NC[C@H](c1ccsc1)N(C)C. The normalized spacial score (nSPS) is 12.2. The van der Waals surface area contributed by atoms with Crippen LogP contribution in [0.2, 0.25) is 5.02 Å². The lowest BCUT2D eigenvalue weighted by atomic mass is 10.1. The Morgan fingerprint density at radius 3 is 2.77 bits per heavy atom. The largest absolute Gasteiger partial charge is 0.336 e. The smallest absolute Gasteiger partial charge is 0.319 e. The molecule has 2 rings (SSSR count). The predicted octanol–water partition coefficient (Wildman–Crippen LogP) is 4.13. The highest BCUT2D eigenvalue weighted by Gasteiger charge is 2.15. The van der Waals surface area contributed by atoms with E-state index >= 15 is 0 Å². The molecule has 0 aliphatic rings. The van der Waals surface area contributed by atoms with Crippen LogP contribution in [0.5, 0.6) is 0 Å². The van der Waals surface area contributed by atoms with Gasteiger partial charge in [0.05, 0.1) is 6.04 Å². The molecule has 1 heterocycles. The molecule has 0 saturated carbocycles. The van der Waals surface area contributed by atoms with Crippen molar-refractivity contribution in [2.24, 2.45) is 0 Å². The molecule has 1 aromatic carbocycles. The standard InChI is InChI=1S/C16H20ClN3OS/c1-11-4-5-13(17)8-14(11)19-16(21)18-9-15(20(2)3)12-6-7-22-10-12/h4-8,10,15H,9H2,1-3H3,(H2,18,19,21)/t15-/m1/s1. The van der Waals surface area contributed by atoms with E-state index < -0.39 is 0 Å². The van der Waals surface area contributed by atoms with E-state index in [0.29, 0.717) is 11.6 Å². The molecule has 0 radical (unpaired) electrons. The van der Waals surface area contributed by atoms with Crippen LogP contribution in [0.15, 0.2) is 35.0 Å². The van der Waals surface area contributed by atoms with Gasteiger partial charge in [-0.1, -0.05) is 17.7 Å². The van der Waals surface area contributed by atoms with E-state index in [0.717, 1.165) is 11.3 Å². The number of urea groups is 1. The minimum atomic E-state index is -0.229. The molecule has 0 fully saturated rings. The van der Waals surface area contributed by atoms with Crippen molar-refractivity contribution in [3.63, 3.8) is 0 Å². The fourth-order valence-corrected chi connectivity index (χ4v) is 3.03. The second-order valence-electron chi connectivity index (χ2n) is 5.33. The van der Waals surface area contributed by atoms with Crippen molar-refractivity contribution in [1.29, 1.82) is 0 Å². The zero-order chi connectivity index (χ0) is 16.1. The van der Waals surface area contributed by atoms with Gasteiger partial charge in [0.2, 0.25) is 0 Å². The fraction of sp³-hybridized carbons (Fsp3) is 0.312. The number of hydrogen-bond acceptors (Lipinski definition) is 3. The van der Waals surface area contributed by atoms with E-state index in [9.17, 15) is 4.79 Å². The minimum Gasteiger partial charge on any atom is -0.336 e. The number of nitrogens with one attached hydrogen (secondary N) is 2. The Morgan fingerprint density at radius 2 is 2.14 bits per heavy atom. The number of amides is 2. The van der Waals surface area contributed by atoms with Crippen molar-refractivity contribution in [3.8, 4) is 0 Å². The van der Waals surface area contributed by atoms with Crippen molar-refractivity contribution >= 4 is 34.7 Å². The van der Waals surface area contributed by atoms with Crippen LogP contribution in [-0.2, 0) is 0 Å². The van der Waals surface area contributed by atoms with Crippen LogP contribution in [0.3, 0.4) is 0 Å². The number of halogens is 1. The molecule has 1 atom stereocenters. The number of likely N-dealkylation sites (N-methyl/N-ethyl adjacent to an activating group) is 1. The zero-order valence-electron chi connectivity index (χ0n) is 12.9. The maximum Gasteiger partial charge on any atom is 0.319 e. The Labute approximate surface area is 140 Å². The lowest BCUT2D eigenvalue weighted by Crippen LogP contribution is -2.36. The first-order chi connectivity index (χ1) is 10.5. The Hall–Kier alpha value is -1.56. The molecule has 118 valence electrons. The second kappa shape index (κ2) is 7.63. The van der Waals surface area contributed by atoms with Gasteiger partial charge in [0.1, 0.15) is 0 Å². The van der Waals surface area contributed by atoms with E-state index in [-0.39, 0.29) is 12.1 Å². The fourth-order valence-electron chi connectivity index (χ4n) is 2.15. The van der Waals surface area contributed by atoms with Gasteiger partial charge in [0.15, 0.2) is 0 Å². The molecule has 0 spiro atoms. The summed E-state index contributed by atoms with van der Waals surface area (Å²) in [4.78, 5) is 14.2. The molecule has 0 aliphatic heterocycles. The molecule has 0 bridgehead atoms. The van der Waals surface area contributed by atoms with Gasteiger partial charge in [-0.15, -0.1) is 0 Å². The monoisotopic (exact) mass is 337 g/mol. The molecular formula is C16H20ClN3OS. The van der Waals surface area contributed by atoms with Crippen LogP contribution in [0.25, 0.3) is 0 Å². The summed E-state index contributed by atoms with van der Waals surface area (Å²) in [6.45, 7) is 2.47. The molecule has 2 N–H and O–H groups in total. The zero-order valence-corrected chi connectivity index (χ0v) is 14.5. The number of hydrogen-bond donors (Lipinski definition) is 2. The Morgan fingerprint density at radius 1 is 1.36 bits per heavy atom. The lowest BCUT2D eigenvalue weighted by molar-refractivity contribution is 0.243. The van der Waals surface area contributed by atoms with Crippen LogP contribution in [0.1, 0.15) is 17.2 Å². The number of thiophene rings is 1. The molecule has 1 aromatic heterocycles. The van der Waals surface area contributed by atoms with Gasteiger partial charge < -0.3 is 15.5 Å². The van der Waals surface area contributed by atoms with Gasteiger partial charge in [0.25, 0.3) is 0 Å². The number of rotatable bonds is 5. The third kappa shape index (κ3) is 4.47. The van der Waals surface area contributed by atoms with E-state index in [1.54, 1.807) is 23.5 Å². The average molecular weight is 338 g/mol. The van der Waals surface area contributed by atoms with E-state index in [1.165, 1.54) is 5.56 Å². The molecule has 0 aliphatic carbocycles. The van der Waals surface area contributed by atoms with Gasteiger partial charge in [0, 0.05) is 17.3 Å². The Balaban J connectivity index is 1.95. The van der Waals surface area contributed by atoms with Crippen molar-refractivity contribution < 1.29 is 4.79 Å². The Kier molecular flexibility index (Phi) is 5.83. The van der Waals surface area contributed by atoms with Crippen LogP contribution in [0, 0.1) is 6.92 Å². The minimum absolute atomic E-state index is 0.150. The summed E-state index contributed by atoms with van der Waals surface area (Å²) in [5, 5.41) is 10.5. The van der Waals surface area contributed by atoms with Crippen LogP contribution in [0.4, 0.5) is 10.5 Å². The van der Waals surface area contributed by atoms with Gasteiger partial charge in [-0.3, -0.25) is 0 Å². The summed E-state index contributed by atoms with van der Waals surface area (Å²) in [6, 6.07) is 7.43. The topological polar surface area (TPSA) is 44.4 Å². The maximum atomic E-state index is 12.1. The van der Waals surface area contributed by atoms with Gasteiger partial charge in [-0.2, -0.15) is 11.3 Å². The third-order valence-corrected chi connectivity index (χ3v) is 4.39. The maximum absolute atomic E-state index is 12.1. The molecule has 6 heteroatoms. The third-order valence-electron chi connectivity index (χ3n) is 3.46. The van der Waals surface area contributed by atoms with E-state index in [2.05, 4.69) is 27.0 Å². The lowest BCUT2D eigenvalue weighted by Gasteiger charge is -2.24. The summed E-state index contributed by atoms with van der Waals surface area (Å²) in [6.07, 6.45) is 0. The average Bonchev–Trinajstić information content (AvgIpc) is 2.96. The highest BCUT2D eigenvalue weighted by molar-refractivity contribution is 7.07. The van der Waals surface area contributed by atoms with Crippen molar-refractivity contribution in [1.82, 2.24) is 10.2 Å². The molecule has 22 heavy (non-hydrogen) atoms. The first kappa shape index (κ1) is 16.8. The number of carbonyl (C=O) groups is 1. The number of anilines is 1. The summed E-state index contributed by atoms with van der Waals surface area (Å²) in [7, 11) is 4.01. The molecule has 0 unspecified atom stereocenters. The molecule has 4 nitrogen and oxygen atoms in total. The second-order valence-corrected chi connectivity index (χ2v) is 6.55. The number of carbonyl (C=O) groups excluding carboxylic acids is 1. The molecule has 2 amide bonds. The molecular weight excluding hydrogens is 318 g/mol. The van der Waals surface area contributed by atoms with Crippen molar-refractivity contribution in [3.05, 3.63) is 51.2 Å². The van der Waals surface area contributed by atoms with Crippen molar-refractivity contribution in [2.75, 3.05) is 26.0 Å². The van der Waals surface area contributed by atoms with Gasteiger partial charge >= 0.3 is 6.03 Å².